The molecule has 0 saturated heterocycles. The molecule has 0 bridgehead atoms. The molecule has 0 unspecified atom stereocenters. The average Bonchev–Trinajstić information content (AvgIpc) is 2.75. The van der Waals surface area contributed by atoms with Crippen molar-refractivity contribution >= 4 is 35.8 Å². The van der Waals surface area contributed by atoms with Crippen LogP contribution in [-0.4, -0.2) is 43.4 Å². The van der Waals surface area contributed by atoms with Crippen LogP contribution in [0.5, 0.6) is 0 Å². The van der Waals surface area contributed by atoms with Crippen LogP contribution in [0.4, 0.5) is 4.39 Å². The average molecular weight is 540 g/mol. The summed E-state index contributed by atoms with van der Waals surface area (Å²) in [4.78, 5) is 18.5. The fourth-order valence-corrected chi connectivity index (χ4v) is 3.18. The van der Waals surface area contributed by atoms with Crippen molar-refractivity contribution in [2.24, 2.45) is 4.99 Å². The molecule has 2 aromatic carbocycles. The molecule has 7 heteroatoms. The summed E-state index contributed by atoms with van der Waals surface area (Å²) in [6, 6.07) is 14.3. The van der Waals surface area contributed by atoms with Gasteiger partial charge in [-0.1, -0.05) is 38.1 Å². The Kier molecular flexibility index (Phi) is 11.0. The molecule has 0 aliphatic carbocycles. The number of guanidine groups is 1. The molecule has 0 aliphatic heterocycles. The summed E-state index contributed by atoms with van der Waals surface area (Å²) in [5, 5.41) is 6.60. The van der Waals surface area contributed by atoms with Crippen LogP contribution in [-0.2, 0) is 12.0 Å². The number of nitrogens with one attached hydrogen (secondary N) is 2. The van der Waals surface area contributed by atoms with Crippen LogP contribution in [0.15, 0.2) is 53.5 Å². The molecule has 0 saturated carbocycles. The number of amides is 1. The zero-order valence-electron chi connectivity index (χ0n) is 19.0. The summed E-state index contributed by atoms with van der Waals surface area (Å²) in [5.41, 5.74) is 2.42. The molecule has 0 spiro atoms. The second-order valence-corrected chi connectivity index (χ2v) is 7.85. The van der Waals surface area contributed by atoms with Gasteiger partial charge in [0, 0.05) is 44.2 Å². The number of rotatable bonds is 8. The van der Waals surface area contributed by atoms with E-state index < -0.39 is 0 Å². The van der Waals surface area contributed by atoms with Crippen molar-refractivity contribution in [3.05, 3.63) is 71.0 Å². The van der Waals surface area contributed by atoms with E-state index >= 15 is 0 Å². The molecule has 31 heavy (non-hydrogen) atoms. The molecule has 0 atom stereocenters. The smallest absolute Gasteiger partial charge is 0.253 e. The summed E-state index contributed by atoms with van der Waals surface area (Å²) in [6.07, 6.45) is 0. The molecule has 5 nitrogen and oxygen atoms in total. The van der Waals surface area contributed by atoms with Crippen LogP contribution in [0.1, 0.15) is 49.2 Å². The third kappa shape index (κ3) is 7.79. The fourth-order valence-electron chi connectivity index (χ4n) is 3.18. The van der Waals surface area contributed by atoms with E-state index in [1.54, 1.807) is 24.1 Å². The van der Waals surface area contributed by atoms with E-state index in [9.17, 15) is 9.18 Å². The molecular formula is C24H34FIN4O. The van der Waals surface area contributed by atoms with E-state index in [4.69, 9.17) is 0 Å². The minimum Gasteiger partial charge on any atom is -0.356 e. The first-order valence-electron chi connectivity index (χ1n) is 10.4. The van der Waals surface area contributed by atoms with Crippen LogP contribution in [0.3, 0.4) is 0 Å². The Bertz CT molecular complexity index is 864. The Morgan fingerprint density at radius 3 is 2.26 bits per heavy atom. The number of aliphatic imine (C=N–C) groups is 1. The second kappa shape index (κ2) is 12.6. The maximum Gasteiger partial charge on any atom is 0.253 e. The Labute approximate surface area is 202 Å². The van der Waals surface area contributed by atoms with E-state index in [1.807, 2.05) is 44.2 Å². The van der Waals surface area contributed by atoms with Crippen molar-refractivity contribution in [3.63, 3.8) is 0 Å². The first kappa shape index (κ1) is 26.9. The van der Waals surface area contributed by atoms with Gasteiger partial charge in [0.05, 0.1) is 0 Å². The van der Waals surface area contributed by atoms with Gasteiger partial charge in [-0.3, -0.25) is 9.79 Å². The van der Waals surface area contributed by atoms with E-state index in [2.05, 4.69) is 29.5 Å². The SMILES string of the molecule is CCN(CC)C(=O)c1ccc(CNC(=NC)NCC(C)(C)c2cccc(F)c2)cc1.I. The van der Waals surface area contributed by atoms with Gasteiger partial charge in [0.2, 0.25) is 0 Å². The number of nitrogens with zero attached hydrogens (tertiary/aromatic N) is 2. The summed E-state index contributed by atoms with van der Waals surface area (Å²) in [6.45, 7) is 10.7. The predicted molar refractivity (Wildman–Crippen MR) is 137 cm³/mol. The van der Waals surface area contributed by atoms with Crippen LogP contribution in [0.2, 0.25) is 0 Å². The first-order chi connectivity index (χ1) is 14.3. The lowest BCUT2D eigenvalue weighted by atomic mass is 9.84. The largest absolute Gasteiger partial charge is 0.356 e. The third-order valence-corrected chi connectivity index (χ3v) is 5.24. The van der Waals surface area contributed by atoms with Crippen molar-refractivity contribution in [1.82, 2.24) is 15.5 Å². The van der Waals surface area contributed by atoms with Gasteiger partial charge in [-0.05, 0) is 49.2 Å². The molecule has 0 aliphatic rings. The van der Waals surface area contributed by atoms with Gasteiger partial charge in [-0.15, -0.1) is 24.0 Å². The Morgan fingerprint density at radius 2 is 1.71 bits per heavy atom. The summed E-state index contributed by atoms with van der Waals surface area (Å²) >= 11 is 0. The molecule has 0 aromatic heterocycles. The lowest BCUT2D eigenvalue weighted by Gasteiger charge is -2.27. The van der Waals surface area contributed by atoms with Crippen molar-refractivity contribution in [2.45, 2.75) is 39.7 Å². The van der Waals surface area contributed by atoms with Crippen LogP contribution >= 0.6 is 24.0 Å². The normalized spacial score (nSPS) is 11.5. The van der Waals surface area contributed by atoms with E-state index in [1.165, 1.54) is 6.07 Å². The second-order valence-electron chi connectivity index (χ2n) is 7.85. The highest BCUT2D eigenvalue weighted by Gasteiger charge is 2.21. The number of hydrogen-bond donors (Lipinski definition) is 2. The molecular weight excluding hydrogens is 506 g/mol. The molecule has 2 N–H and O–H groups in total. The number of carbonyl (C=O) groups is 1. The zero-order valence-corrected chi connectivity index (χ0v) is 21.4. The molecule has 1 amide bonds. The summed E-state index contributed by atoms with van der Waals surface area (Å²) in [7, 11) is 1.72. The number of benzene rings is 2. The fraction of sp³-hybridized carbons (Fsp3) is 0.417. The highest BCUT2D eigenvalue weighted by Crippen LogP contribution is 2.22. The van der Waals surface area contributed by atoms with E-state index in [0.29, 0.717) is 37.7 Å². The van der Waals surface area contributed by atoms with Gasteiger partial charge in [-0.2, -0.15) is 0 Å². The van der Waals surface area contributed by atoms with Crippen molar-refractivity contribution in [1.29, 1.82) is 0 Å². The highest BCUT2D eigenvalue weighted by atomic mass is 127. The lowest BCUT2D eigenvalue weighted by Crippen LogP contribution is -2.43. The first-order valence-corrected chi connectivity index (χ1v) is 10.4. The van der Waals surface area contributed by atoms with Gasteiger partial charge < -0.3 is 15.5 Å². The lowest BCUT2D eigenvalue weighted by molar-refractivity contribution is 0.0773. The van der Waals surface area contributed by atoms with E-state index in [0.717, 1.165) is 11.1 Å². The molecule has 2 aromatic rings. The van der Waals surface area contributed by atoms with Gasteiger partial charge in [0.15, 0.2) is 5.96 Å². The van der Waals surface area contributed by atoms with Crippen molar-refractivity contribution in [2.75, 3.05) is 26.7 Å². The van der Waals surface area contributed by atoms with Crippen LogP contribution in [0, 0.1) is 5.82 Å². The molecule has 170 valence electrons. The summed E-state index contributed by atoms with van der Waals surface area (Å²) < 4.78 is 13.6. The number of halogens is 2. The third-order valence-electron chi connectivity index (χ3n) is 5.24. The Morgan fingerprint density at radius 1 is 1.06 bits per heavy atom. The van der Waals surface area contributed by atoms with Crippen LogP contribution in [0.25, 0.3) is 0 Å². The van der Waals surface area contributed by atoms with Gasteiger partial charge >= 0.3 is 0 Å². The zero-order chi connectivity index (χ0) is 22.1. The van der Waals surface area contributed by atoms with Crippen molar-refractivity contribution in [3.8, 4) is 0 Å². The van der Waals surface area contributed by atoms with Gasteiger partial charge in [0.1, 0.15) is 5.82 Å². The quantitative estimate of drug-likeness (QED) is 0.293. The minimum absolute atomic E-state index is 0. The molecule has 2 rings (SSSR count). The maximum absolute atomic E-state index is 13.6. The number of hydrogen-bond acceptors (Lipinski definition) is 2. The highest BCUT2D eigenvalue weighted by molar-refractivity contribution is 14.0. The van der Waals surface area contributed by atoms with Crippen molar-refractivity contribution < 1.29 is 9.18 Å². The molecule has 0 fully saturated rings. The van der Waals surface area contributed by atoms with Crippen LogP contribution < -0.4 is 10.6 Å². The minimum atomic E-state index is -0.258. The van der Waals surface area contributed by atoms with E-state index in [-0.39, 0.29) is 41.1 Å². The monoisotopic (exact) mass is 540 g/mol. The topological polar surface area (TPSA) is 56.7 Å². The summed E-state index contributed by atoms with van der Waals surface area (Å²) in [5.74, 6) is 0.491. The van der Waals surface area contributed by atoms with Gasteiger partial charge in [-0.25, -0.2) is 4.39 Å². The Balaban J connectivity index is 0.00000480. The van der Waals surface area contributed by atoms with Gasteiger partial charge in [0.25, 0.3) is 5.91 Å². The molecule has 0 radical (unpaired) electrons. The Hall–Kier alpha value is -2.16. The maximum atomic E-state index is 13.6. The molecule has 0 heterocycles. The predicted octanol–water partition coefficient (Wildman–Crippen LogP) is 4.57. The number of carbonyl (C=O) groups excluding carboxylic acids is 1. The standard InChI is InChI=1S/C24H33FN4O.HI/c1-6-29(7-2)22(30)19-13-11-18(12-14-19)16-27-23(26-5)28-17-24(3,4)20-9-8-10-21(25)15-20;/h8-15H,6-7,16-17H2,1-5H3,(H2,26,27,28);1H.